The van der Waals surface area contributed by atoms with E-state index in [1.54, 1.807) is 30.3 Å². The Morgan fingerprint density at radius 2 is 1.68 bits per heavy atom. The summed E-state index contributed by atoms with van der Waals surface area (Å²) in [7, 11) is -3.22. The van der Waals surface area contributed by atoms with E-state index in [0.717, 1.165) is 6.26 Å². The van der Waals surface area contributed by atoms with E-state index in [-0.39, 0.29) is 15.7 Å². The largest absolute Gasteiger partial charge is 0.289 e. The standard InChI is InChI=1S/C16H12Cl2O3S/c1-22(20,21)13-6-2-11(3-7-13)4-9-16(19)14-8-5-12(17)10-15(14)18/h2-10H,1H3/b9-4+. The van der Waals surface area contributed by atoms with Crippen molar-refractivity contribution in [2.75, 3.05) is 6.26 Å². The fraction of sp³-hybridized carbons (Fsp3) is 0.0625. The summed E-state index contributed by atoms with van der Waals surface area (Å²) < 4.78 is 22.7. The van der Waals surface area contributed by atoms with Gasteiger partial charge in [-0.15, -0.1) is 0 Å². The third-order valence-corrected chi connectivity index (χ3v) is 4.61. The van der Waals surface area contributed by atoms with Crippen molar-refractivity contribution in [1.82, 2.24) is 0 Å². The maximum Gasteiger partial charge on any atom is 0.187 e. The zero-order valence-corrected chi connectivity index (χ0v) is 13.9. The van der Waals surface area contributed by atoms with Crippen molar-refractivity contribution >= 4 is 44.9 Å². The number of carbonyl (C=O) groups is 1. The lowest BCUT2D eigenvalue weighted by Crippen LogP contribution is -1.96. The third kappa shape index (κ3) is 4.19. The molecular weight excluding hydrogens is 343 g/mol. The van der Waals surface area contributed by atoms with E-state index in [2.05, 4.69) is 0 Å². The van der Waals surface area contributed by atoms with Crippen LogP contribution in [0.15, 0.2) is 53.4 Å². The van der Waals surface area contributed by atoms with Crippen molar-refractivity contribution in [3.63, 3.8) is 0 Å². The molecule has 0 saturated heterocycles. The molecule has 114 valence electrons. The number of benzene rings is 2. The van der Waals surface area contributed by atoms with Gasteiger partial charge < -0.3 is 0 Å². The Labute approximate surface area is 139 Å². The highest BCUT2D eigenvalue weighted by molar-refractivity contribution is 7.90. The Bertz CT molecular complexity index is 838. The van der Waals surface area contributed by atoms with Crippen LogP contribution in [0.3, 0.4) is 0 Å². The Morgan fingerprint density at radius 3 is 2.23 bits per heavy atom. The number of rotatable bonds is 4. The fourth-order valence-corrected chi connectivity index (χ4v) is 2.91. The predicted molar refractivity (Wildman–Crippen MR) is 89.4 cm³/mol. The molecule has 22 heavy (non-hydrogen) atoms. The van der Waals surface area contributed by atoms with Gasteiger partial charge in [-0.3, -0.25) is 4.79 Å². The summed E-state index contributed by atoms with van der Waals surface area (Å²) in [4.78, 5) is 12.3. The Kier molecular flexibility index (Phi) is 5.06. The van der Waals surface area contributed by atoms with Gasteiger partial charge in [0.2, 0.25) is 0 Å². The maximum absolute atomic E-state index is 12.1. The topological polar surface area (TPSA) is 51.2 Å². The van der Waals surface area contributed by atoms with E-state index in [0.29, 0.717) is 16.1 Å². The van der Waals surface area contributed by atoms with Gasteiger partial charge in [0, 0.05) is 16.8 Å². The second kappa shape index (κ2) is 6.65. The molecule has 6 heteroatoms. The van der Waals surface area contributed by atoms with Gasteiger partial charge in [0.05, 0.1) is 9.92 Å². The van der Waals surface area contributed by atoms with Gasteiger partial charge in [0.1, 0.15) is 0 Å². The molecule has 0 aromatic heterocycles. The van der Waals surface area contributed by atoms with Crippen molar-refractivity contribution in [2.24, 2.45) is 0 Å². The molecule has 0 unspecified atom stereocenters. The van der Waals surface area contributed by atoms with Crippen LogP contribution in [0.25, 0.3) is 6.08 Å². The summed E-state index contributed by atoms with van der Waals surface area (Å²) in [6.07, 6.45) is 4.12. The van der Waals surface area contributed by atoms with Crippen LogP contribution in [0, 0.1) is 0 Å². The molecule has 0 aliphatic carbocycles. The van der Waals surface area contributed by atoms with Gasteiger partial charge in [-0.25, -0.2) is 8.42 Å². The first-order valence-electron chi connectivity index (χ1n) is 6.25. The van der Waals surface area contributed by atoms with Crippen molar-refractivity contribution in [3.05, 3.63) is 69.7 Å². The van der Waals surface area contributed by atoms with Crippen LogP contribution in [0.1, 0.15) is 15.9 Å². The first kappa shape index (κ1) is 16.7. The summed E-state index contributed by atoms with van der Waals surface area (Å²) in [5.41, 5.74) is 1.07. The Hall–Kier alpha value is -1.62. The van der Waals surface area contributed by atoms with Crippen LogP contribution in [-0.2, 0) is 9.84 Å². The minimum atomic E-state index is -3.22. The molecule has 0 heterocycles. The van der Waals surface area contributed by atoms with Gasteiger partial charge in [-0.1, -0.05) is 41.4 Å². The van der Waals surface area contributed by atoms with Crippen molar-refractivity contribution in [1.29, 1.82) is 0 Å². The number of ketones is 1. The second-order valence-corrected chi connectivity index (χ2v) is 7.52. The Balaban J connectivity index is 2.19. The SMILES string of the molecule is CS(=O)(=O)c1ccc(/C=C/C(=O)c2ccc(Cl)cc2Cl)cc1. The minimum absolute atomic E-state index is 0.233. The van der Waals surface area contributed by atoms with Gasteiger partial charge >= 0.3 is 0 Å². The molecule has 3 nitrogen and oxygen atoms in total. The van der Waals surface area contributed by atoms with Gasteiger partial charge in [-0.2, -0.15) is 0 Å². The van der Waals surface area contributed by atoms with Crippen LogP contribution in [0.5, 0.6) is 0 Å². The second-order valence-electron chi connectivity index (χ2n) is 4.66. The molecule has 0 bridgehead atoms. The van der Waals surface area contributed by atoms with E-state index in [1.807, 2.05) is 0 Å². The van der Waals surface area contributed by atoms with Crippen LogP contribution >= 0.6 is 23.2 Å². The highest BCUT2D eigenvalue weighted by Gasteiger charge is 2.08. The normalized spacial score (nSPS) is 11.8. The molecule has 0 radical (unpaired) electrons. The van der Waals surface area contributed by atoms with Crippen LogP contribution in [0.4, 0.5) is 0 Å². The monoisotopic (exact) mass is 354 g/mol. The molecule has 2 aromatic carbocycles. The molecule has 2 rings (SSSR count). The van der Waals surface area contributed by atoms with Crippen molar-refractivity contribution < 1.29 is 13.2 Å². The van der Waals surface area contributed by atoms with Crippen molar-refractivity contribution in [2.45, 2.75) is 4.90 Å². The number of carbonyl (C=O) groups excluding carboxylic acids is 1. The van der Waals surface area contributed by atoms with Crippen LogP contribution < -0.4 is 0 Å². The zero-order chi connectivity index (χ0) is 16.3. The molecule has 0 saturated carbocycles. The lowest BCUT2D eigenvalue weighted by Gasteiger charge is -2.01. The minimum Gasteiger partial charge on any atom is -0.289 e. The lowest BCUT2D eigenvalue weighted by atomic mass is 10.1. The average Bonchev–Trinajstić information content (AvgIpc) is 2.44. The smallest absolute Gasteiger partial charge is 0.187 e. The molecule has 0 N–H and O–H groups in total. The van der Waals surface area contributed by atoms with Gasteiger partial charge in [0.25, 0.3) is 0 Å². The highest BCUT2D eigenvalue weighted by Crippen LogP contribution is 2.22. The van der Waals surface area contributed by atoms with E-state index in [1.165, 1.54) is 24.3 Å². The first-order valence-corrected chi connectivity index (χ1v) is 8.90. The zero-order valence-electron chi connectivity index (χ0n) is 11.6. The van der Waals surface area contributed by atoms with E-state index in [4.69, 9.17) is 23.2 Å². The van der Waals surface area contributed by atoms with Crippen LogP contribution in [-0.4, -0.2) is 20.5 Å². The molecule has 0 fully saturated rings. The number of allylic oxidation sites excluding steroid dienone is 1. The van der Waals surface area contributed by atoms with E-state index in [9.17, 15) is 13.2 Å². The predicted octanol–water partition coefficient (Wildman–Crippen LogP) is 4.29. The number of halogens is 2. The molecule has 0 aliphatic heterocycles. The molecule has 0 atom stereocenters. The molecular formula is C16H12Cl2O3S. The molecule has 0 amide bonds. The van der Waals surface area contributed by atoms with Gasteiger partial charge in [-0.05, 0) is 42.0 Å². The summed E-state index contributed by atoms with van der Waals surface area (Å²) in [5.74, 6) is -0.256. The molecule has 0 spiro atoms. The first-order chi connectivity index (χ1) is 10.3. The van der Waals surface area contributed by atoms with E-state index >= 15 is 0 Å². The summed E-state index contributed by atoms with van der Waals surface area (Å²) in [5, 5.41) is 0.747. The number of hydrogen-bond donors (Lipinski definition) is 0. The van der Waals surface area contributed by atoms with Crippen molar-refractivity contribution in [3.8, 4) is 0 Å². The maximum atomic E-state index is 12.1. The van der Waals surface area contributed by atoms with Crippen LogP contribution in [0.2, 0.25) is 10.0 Å². The summed E-state index contributed by atoms with van der Waals surface area (Å²) >= 11 is 11.8. The number of hydrogen-bond acceptors (Lipinski definition) is 3. The Morgan fingerprint density at radius 1 is 1.05 bits per heavy atom. The quantitative estimate of drug-likeness (QED) is 0.607. The lowest BCUT2D eigenvalue weighted by molar-refractivity contribution is 0.104. The number of sulfone groups is 1. The molecule has 0 aliphatic rings. The highest BCUT2D eigenvalue weighted by atomic mass is 35.5. The van der Waals surface area contributed by atoms with Gasteiger partial charge in [0.15, 0.2) is 15.6 Å². The molecule has 2 aromatic rings. The fourth-order valence-electron chi connectivity index (χ4n) is 1.78. The summed E-state index contributed by atoms with van der Waals surface area (Å²) in [6, 6.07) is 10.9. The third-order valence-electron chi connectivity index (χ3n) is 2.93. The summed E-state index contributed by atoms with van der Waals surface area (Å²) in [6.45, 7) is 0. The van der Waals surface area contributed by atoms with E-state index < -0.39 is 9.84 Å². The average molecular weight is 355 g/mol.